The molecule has 112 valence electrons. The SMILES string of the molecule is COc1c(C)cc(Br)c(C)c1C(N)c1cc(C)ccc1Br. The van der Waals surface area contributed by atoms with Crippen LogP contribution in [0.1, 0.15) is 33.9 Å². The van der Waals surface area contributed by atoms with Gasteiger partial charge in [0.2, 0.25) is 0 Å². The maximum Gasteiger partial charge on any atom is 0.127 e. The van der Waals surface area contributed by atoms with Gasteiger partial charge >= 0.3 is 0 Å². The highest BCUT2D eigenvalue weighted by molar-refractivity contribution is 9.10. The number of ether oxygens (including phenoxy) is 1. The average molecular weight is 413 g/mol. The summed E-state index contributed by atoms with van der Waals surface area (Å²) in [5.74, 6) is 0.858. The lowest BCUT2D eigenvalue weighted by atomic mass is 9.92. The summed E-state index contributed by atoms with van der Waals surface area (Å²) < 4.78 is 7.67. The molecule has 0 aromatic heterocycles. The monoisotopic (exact) mass is 411 g/mol. The molecule has 0 saturated heterocycles. The Morgan fingerprint density at radius 3 is 2.33 bits per heavy atom. The molecule has 21 heavy (non-hydrogen) atoms. The molecule has 0 amide bonds. The van der Waals surface area contributed by atoms with E-state index in [4.69, 9.17) is 10.5 Å². The van der Waals surface area contributed by atoms with Crippen molar-refractivity contribution in [3.63, 3.8) is 0 Å². The van der Waals surface area contributed by atoms with Gasteiger partial charge < -0.3 is 10.5 Å². The lowest BCUT2D eigenvalue weighted by Crippen LogP contribution is -2.16. The Morgan fingerprint density at radius 1 is 1.05 bits per heavy atom. The molecule has 0 aliphatic carbocycles. The van der Waals surface area contributed by atoms with Crippen LogP contribution in [0.5, 0.6) is 5.75 Å². The molecule has 2 aromatic carbocycles. The molecule has 2 rings (SSSR count). The van der Waals surface area contributed by atoms with Gasteiger partial charge in [0.15, 0.2) is 0 Å². The van der Waals surface area contributed by atoms with Crippen LogP contribution in [0, 0.1) is 20.8 Å². The molecule has 1 atom stereocenters. The van der Waals surface area contributed by atoms with E-state index < -0.39 is 0 Å². The number of nitrogens with two attached hydrogens (primary N) is 1. The average Bonchev–Trinajstić information content (AvgIpc) is 2.44. The number of hydrogen-bond donors (Lipinski definition) is 1. The van der Waals surface area contributed by atoms with Gasteiger partial charge in [0.25, 0.3) is 0 Å². The number of halogens is 2. The first-order valence-electron chi connectivity index (χ1n) is 6.72. The second-order valence-electron chi connectivity index (χ2n) is 5.25. The topological polar surface area (TPSA) is 35.2 Å². The summed E-state index contributed by atoms with van der Waals surface area (Å²) in [5, 5.41) is 0. The van der Waals surface area contributed by atoms with Crippen molar-refractivity contribution in [2.45, 2.75) is 26.8 Å². The van der Waals surface area contributed by atoms with E-state index in [1.54, 1.807) is 7.11 Å². The van der Waals surface area contributed by atoms with Crippen molar-refractivity contribution >= 4 is 31.9 Å². The molecular weight excluding hydrogens is 394 g/mol. The van der Waals surface area contributed by atoms with E-state index in [0.717, 1.165) is 36.9 Å². The van der Waals surface area contributed by atoms with Gasteiger partial charge in [-0.1, -0.05) is 49.6 Å². The summed E-state index contributed by atoms with van der Waals surface area (Å²) in [7, 11) is 1.69. The zero-order valence-corrected chi connectivity index (χ0v) is 15.8. The third kappa shape index (κ3) is 3.17. The van der Waals surface area contributed by atoms with Gasteiger partial charge in [-0.2, -0.15) is 0 Å². The number of aryl methyl sites for hydroxylation is 2. The summed E-state index contributed by atoms with van der Waals surface area (Å²) in [6.45, 7) is 6.16. The summed E-state index contributed by atoms with van der Waals surface area (Å²) >= 11 is 7.22. The predicted octanol–water partition coefficient (Wildman–Crippen LogP) is 5.19. The molecule has 0 spiro atoms. The molecule has 4 heteroatoms. The zero-order chi connectivity index (χ0) is 15.7. The Labute approximate surface area is 143 Å². The van der Waals surface area contributed by atoms with Gasteiger partial charge in [-0.25, -0.2) is 0 Å². The van der Waals surface area contributed by atoms with Gasteiger partial charge in [-0.05, 0) is 49.6 Å². The predicted molar refractivity (Wildman–Crippen MR) is 95.1 cm³/mol. The molecular formula is C17H19Br2NO. The summed E-state index contributed by atoms with van der Waals surface area (Å²) in [6.07, 6.45) is 0. The third-order valence-corrected chi connectivity index (χ3v) is 5.26. The van der Waals surface area contributed by atoms with E-state index in [1.807, 2.05) is 13.0 Å². The lowest BCUT2D eigenvalue weighted by molar-refractivity contribution is 0.404. The van der Waals surface area contributed by atoms with Crippen molar-refractivity contribution in [1.29, 1.82) is 0 Å². The molecule has 0 radical (unpaired) electrons. The van der Waals surface area contributed by atoms with Gasteiger partial charge in [-0.15, -0.1) is 0 Å². The molecule has 0 bridgehead atoms. The molecule has 0 saturated carbocycles. The normalized spacial score (nSPS) is 12.3. The molecule has 2 aromatic rings. The summed E-state index contributed by atoms with van der Waals surface area (Å²) in [4.78, 5) is 0. The summed E-state index contributed by atoms with van der Waals surface area (Å²) in [5.41, 5.74) is 12.0. The molecule has 0 fully saturated rings. The van der Waals surface area contributed by atoms with Gasteiger partial charge in [-0.3, -0.25) is 0 Å². The van der Waals surface area contributed by atoms with Crippen molar-refractivity contribution < 1.29 is 4.74 Å². The molecule has 2 nitrogen and oxygen atoms in total. The third-order valence-electron chi connectivity index (χ3n) is 3.71. The van der Waals surface area contributed by atoms with E-state index >= 15 is 0 Å². The van der Waals surface area contributed by atoms with Crippen molar-refractivity contribution in [3.8, 4) is 5.75 Å². The van der Waals surface area contributed by atoms with Crippen LogP contribution in [0.2, 0.25) is 0 Å². The molecule has 2 N–H and O–H groups in total. The van der Waals surface area contributed by atoms with Crippen LogP contribution < -0.4 is 10.5 Å². The zero-order valence-electron chi connectivity index (χ0n) is 12.6. The number of methoxy groups -OCH3 is 1. The van der Waals surface area contributed by atoms with E-state index in [9.17, 15) is 0 Å². The Bertz CT molecular complexity index is 683. The Kier molecular flexibility index (Phi) is 5.12. The minimum atomic E-state index is -0.245. The van der Waals surface area contributed by atoms with Crippen molar-refractivity contribution in [3.05, 3.63) is 61.0 Å². The van der Waals surface area contributed by atoms with Gasteiger partial charge in [0.1, 0.15) is 5.75 Å². The Hall–Kier alpha value is -0.840. The first-order chi connectivity index (χ1) is 9.86. The highest BCUT2D eigenvalue weighted by Gasteiger charge is 2.22. The maximum absolute atomic E-state index is 6.57. The quantitative estimate of drug-likeness (QED) is 0.752. The molecule has 1 unspecified atom stereocenters. The van der Waals surface area contributed by atoms with Crippen molar-refractivity contribution in [2.75, 3.05) is 7.11 Å². The van der Waals surface area contributed by atoms with Crippen molar-refractivity contribution in [2.24, 2.45) is 5.73 Å². The highest BCUT2D eigenvalue weighted by Crippen LogP contribution is 2.39. The van der Waals surface area contributed by atoms with E-state index in [2.05, 4.69) is 63.9 Å². The fourth-order valence-corrected chi connectivity index (χ4v) is 3.63. The first kappa shape index (κ1) is 16.5. The maximum atomic E-state index is 6.57. The van der Waals surface area contributed by atoms with Gasteiger partial charge in [0, 0.05) is 14.5 Å². The minimum absolute atomic E-state index is 0.245. The summed E-state index contributed by atoms with van der Waals surface area (Å²) in [6, 6.07) is 8.04. The van der Waals surface area contributed by atoms with E-state index in [-0.39, 0.29) is 6.04 Å². The van der Waals surface area contributed by atoms with Crippen LogP contribution >= 0.6 is 31.9 Å². The number of hydrogen-bond acceptors (Lipinski definition) is 2. The Balaban J connectivity index is 2.68. The second kappa shape index (κ2) is 6.51. The van der Waals surface area contributed by atoms with E-state index in [0.29, 0.717) is 0 Å². The fraction of sp³-hybridized carbons (Fsp3) is 0.294. The van der Waals surface area contributed by atoms with Crippen LogP contribution in [0.15, 0.2) is 33.2 Å². The minimum Gasteiger partial charge on any atom is -0.496 e. The van der Waals surface area contributed by atoms with E-state index in [1.165, 1.54) is 5.56 Å². The van der Waals surface area contributed by atoms with Crippen LogP contribution in [0.3, 0.4) is 0 Å². The highest BCUT2D eigenvalue weighted by atomic mass is 79.9. The molecule has 0 aliphatic heterocycles. The van der Waals surface area contributed by atoms with Gasteiger partial charge in [0.05, 0.1) is 13.2 Å². The number of benzene rings is 2. The van der Waals surface area contributed by atoms with Crippen LogP contribution in [0.25, 0.3) is 0 Å². The van der Waals surface area contributed by atoms with Crippen molar-refractivity contribution in [1.82, 2.24) is 0 Å². The Morgan fingerprint density at radius 2 is 1.71 bits per heavy atom. The van der Waals surface area contributed by atoms with Crippen LogP contribution in [-0.2, 0) is 0 Å². The molecule has 0 heterocycles. The second-order valence-corrected chi connectivity index (χ2v) is 6.96. The molecule has 0 aliphatic rings. The van der Waals surface area contributed by atoms with Crippen LogP contribution in [-0.4, -0.2) is 7.11 Å². The standard InChI is InChI=1S/C17H19Br2NO/c1-9-5-6-13(18)12(7-9)16(20)15-11(3)14(19)8-10(2)17(15)21-4/h5-8,16H,20H2,1-4H3. The lowest BCUT2D eigenvalue weighted by Gasteiger charge is -2.22. The van der Waals surface area contributed by atoms with Crippen LogP contribution in [0.4, 0.5) is 0 Å². The first-order valence-corrected chi connectivity index (χ1v) is 8.30. The fourth-order valence-electron chi connectivity index (χ4n) is 2.58. The largest absolute Gasteiger partial charge is 0.496 e. The smallest absolute Gasteiger partial charge is 0.127 e. The number of rotatable bonds is 3.